The Bertz CT molecular complexity index is 986. The van der Waals surface area contributed by atoms with Gasteiger partial charge < -0.3 is 0 Å². The number of benzene rings is 2. The molecule has 1 N–H and O–H groups in total. The summed E-state index contributed by atoms with van der Waals surface area (Å²) < 4.78 is 0. The van der Waals surface area contributed by atoms with Crippen LogP contribution in [0.15, 0.2) is 54.6 Å². The molecule has 1 atom stereocenters. The average Bonchev–Trinajstić information content (AvgIpc) is 3.32. The molecule has 0 saturated carbocycles. The summed E-state index contributed by atoms with van der Waals surface area (Å²) in [5.41, 5.74) is 2.31. The maximum atomic E-state index is 13.1. The van der Waals surface area contributed by atoms with Crippen molar-refractivity contribution >= 4 is 34.0 Å². The molecule has 2 amide bonds. The van der Waals surface area contributed by atoms with E-state index >= 15 is 0 Å². The first kappa shape index (κ1) is 17.4. The molecule has 6 nitrogen and oxygen atoms in total. The van der Waals surface area contributed by atoms with Gasteiger partial charge >= 0.3 is 0 Å². The van der Waals surface area contributed by atoms with E-state index in [1.807, 2.05) is 49.4 Å². The molecule has 1 aliphatic heterocycles. The molecule has 27 heavy (non-hydrogen) atoms. The van der Waals surface area contributed by atoms with Crippen LogP contribution in [0.1, 0.15) is 27.9 Å². The molecule has 2 aromatic carbocycles. The van der Waals surface area contributed by atoms with Crippen molar-refractivity contribution in [2.75, 3.05) is 10.2 Å². The van der Waals surface area contributed by atoms with Crippen LogP contribution in [0.2, 0.25) is 0 Å². The minimum absolute atomic E-state index is 0.188. The third kappa shape index (κ3) is 3.33. The zero-order valence-corrected chi connectivity index (χ0v) is 15.6. The number of aromatic nitrogens is 2. The number of rotatable bonds is 4. The van der Waals surface area contributed by atoms with Crippen molar-refractivity contribution in [2.24, 2.45) is 0 Å². The van der Waals surface area contributed by atoms with E-state index in [0.717, 1.165) is 22.7 Å². The Morgan fingerprint density at radius 1 is 1.11 bits per heavy atom. The van der Waals surface area contributed by atoms with Crippen LogP contribution < -0.4 is 10.2 Å². The van der Waals surface area contributed by atoms with E-state index < -0.39 is 6.04 Å². The van der Waals surface area contributed by atoms with Gasteiger partial charge in [-0.1, -0.05) is 54.7 Å². The molecule has 0 saturated heterocycles. The molecule has 0 radical (unpaired) electrons. The first-order valence-electron chi connectivity index (χ1n) is 8.77. The fraction of sp³-hybridized carbons (Fsp3) is 0.200. The molecule has 7 heteroatoms. The highest BCUT2D eigenvalue weighted by Gasteiger charge is 2.38. The summed E-state index contributed by atoms with van der Waals surface area (Å²) in [6.07, 6.45) is 1.24. The second-order valence-electron chi connectivity index (χ2n) is 6.23. The van der Waals surface area contributed by atoms with Gasteiger partial charge in [-0.2, -0.15) is 0 Å². The van der Waals surface area contributed by atoms with Crippen molar-refractivity contribution in [1.82, 2.24) is 10.2 Å². The maximum absolute atomic E-state index is 13.1. The van der Waals surface area contributed by atoms with E-state index in [2.05, 4.69) is 15.5 Å². The minimum atomic E-state index is -0.621. The fourth-order valence-electron chi connectivity index (χ4n) is 3.20. The zero-order chi connectivity index (χ0) is 18.8. The van der Waals surface area contributed by atoms with Gasteiger partial charge in [0.1, 0.15) is 11.0 Å². The summed E-state index contributed by atoms with van der Waals surface area (Å²) in [6, 6.07) is 16.0. The largest absolute Gasteiger partial charge is 0.299 e. The normalized spacial score (nSPS) is 15.4. The SMILES string of the molecule is CCc1nnc(NC(=O)C2Cc3ccccc3N2C(=O)c2ccccc2)s1. The van der Waals surface area contributed by atoms with Crippen LogP contribution in [0.4, 0.5) is 10.8 Å². The van der Waals surface area contributed by atoms with Crippen molar-refractivity contribution in [1.29, 1.82) is 0 Å². The van der Waals surface area contributed by atoms with Gasteiger partial charge in [0.25, 0.3) is 5.91 Å². The number of amides is 2. The second kappa shape index (κ2) is 7.28. The lowest BCUT2D eigenvalue weighted by Gasteiger charge is -2.24. The molecule has 1 aliphatic rings. The summed E-state index contributed by atoms with van der Waals surface area (Å²) in [4.78, 5) is 27.7. The van der Waals surface area contributed by atoms with Crippen molar-refractivity contribution < 1.29 is 9.59 Å². The molecule has 1 aromatic heterocycles. The van der Waals surface area contributed by atoms with Gasteiger partial charge in [0, 0.05) is 17.7 Å². The Hall–Kier alpha value is -3.06. The lowest BCUT2D eigenvalue weighted by Crippen LogP contribution is -2.45. The topological polar surface area (TPSA) is 75.2 Å². The lowest BCUT2D eigenvalue weighted by atomic mass is 10.1. The number of fused-ring (bicyclic) bond motifs is 1. The molecule has 0 fully saturated rings. The Kier molecular flexibility index (Phi) is 4.68. The Labute approximate surface area is 160 Å². The predicted octanol–water partition coefficient (Wildman–Crippen LogP) is 3.31. The molecular weight excluding hydrogens is 360 g/mol. The molecule has 0 spiro atoms. The third-order valence-corrected chi connectivity index (χ3v) is 5.50. The Balaban J connectivity index is 1.64. The number of anilines is 2. The van der Waals surface area contributed by atoms with Crippen LogP contribution in [-0.4, -0.2) is 28.1 Å². The average molecular weight is 378 g/mol. The zero-order valence-electron chi connectivity index (χ0n) is 14.8. The van der Waals surface area contributed by atoms with Crippen molar-refractivity contribution in [3.8, 4) is 0 Å². The Morgan fingerprint density at radius 3 is 2.59 bits per heavy atom. The standard InChI is InChI=1S/C20H18N4O2S/c1-2-17-22-23-20(27-17)21-18(25)16-12-14-10-6-7-11-15(14)24(16)19(26)13-8-4-3-5-9-13/h3-11,16H,2,12H2,1H3,(H,21,23,25). The molecular formula is C20H18N4O2S. The maximum Gasteiger partial charge on any atom is 0.259 e. The summed E-state index contributed by atoms with van der Waals surface area (Å²) in [6.45, 7) is 1.99. The van der Waals surface area contributed by atoms with E-state index in [4.69, 9.17) is 0 Å². The fourth-order valence-corrected chi connectivity index (χ4v) is 3.88. The number of hydrogen-bond acceptors (Lipinski definition) is 5. The van der Waals surface area contributed by atoms with Crippen LogP contribution in [0.3, 0.4) is 0 Å². The van der Waals surface area contributed by atoms with Gasteiger partial charge in [0.2, 0.25) is 11.0 Å². The molecule has 1 unspecified atom stereocenters. The molecule has 0 aliphatic carbocycles. The summed E-state index contributed by atoms with van der Waals surface area (Å²) >= 11 is 1.35. The van der Waals surface area contributed by atoms with E-state index in [1.165, 1.54) is 11.3 Å². The molecule has 0 bridgehead atoms. The summed E-state index contributed by atoms with van der Waals surface area (Å²) in [5.74, 6) is -0.443. The highest BCUT2D eigenvalue weighted by atomic mass is 32.1. The second-order valence-corrected chi connectivity index (χ2v) is 7.30. The number of carbonyl (C=O) groups is 2. The van der Waals surface area contributed by atoms with E-state index in [-0.39, 0.29) is 11.8 Å². The van der Waals surface area contributed by atoms with Gasteiger partial charge in [-0.25, -0.2) is 0 Å². The third-order valence-electron chi connectivity index (χ3n) is 4.52. The number of aryl methyl sites for hydroxylation is 1. The Morgan fingerprint density at radius 2 is 1.85 bits per heavy atom. The van der Waals surface area contributed by atoms with E-state index in [1.54, 1.807) is 17.0 Å². The summed E-state index contributed by atoms with van der Waals surface area (Å²) in [7, 11) is 0. The monoisotopic (exact) mass is 378 g/mol. The van der Waals surface area contributed by atoms with Crippen LogP contribution in [0, 0.1) is 0 Å². The van der Waals surface area contributed by atoms with Gasteiger partial charge in [-0.05, 0) is 30.2 Å². The molecule has 3 aromatic rings. The van der Waals surface area contributed by atoms with Crippen molar-refractivity contribution in [3.05, 3.63) is 70.7 Å². The highest BCUT2D eigenvalue weighted by molar-refractivity contribution is 7.15. The van der Waals surface area contributed by atoms with Gasteiger partial charge in [0.15, 0.2) is 0 Å². The molecule has 2 heterocycles. The van der Waals surface area contributed by atoms with E-state index in [0.29, 0.717) is 17.1 Å². The summed E-state index contributed by atoms with van der Waals surface area (Å²) in [5, 5.41) is 12.2. The smallest absolute Gasteiger partial charge is 0.259 e. The van der Waals surface area contributed by atoms with Crippen LogP contribution in [0.5, 0.6) is 0 Å². The first-order valence-corrected chi connectivity index (χ1v) is 9.58. The number of nitrogens with zero attached hydrogens (tertiary/aromatic N) is 3. The number of para-hydroxylation sites is 1. The number of hydrogen-bond donors (Lipinski definition) is 1. The lowest BCUT2D eigenvalue weighted by molar-refractivity contribution is -0.117. The predicted molar refractivity (Wildman–Crippen MR) is 105 cm³/mol. The van der Waals surface area contributed by atoms with Crippen LogP contribution >= 0.6 is 11.3 Å². The van der Waals surface area contributed by atoms with Crippen molar-refractivity contribution in [2.45, 2.75) is 25.8 Å². The first-order chi connectivity index (χ1) is 13.2. The number of nitrogens with one attached hydrogen (secondary N) is 1. The van der Waals surface area contributed by atoms with Gasteiger partial charge in [0.05, 0.1) is 0 Å². The van der Waals surface area contributed by atoms with E-state index in [9.17, 15) is 9.59 Å². The molecule has 4 rings (SSSR count). The van der Waals surface area contributed by atoms with Gasteiger partial charge in [-0.3, -0.25) is 19.8 Å². The quantitative estimate of drug-likeness (QED) is 0.756. The van der Waals surface area contributed by atoms with Crippen LogP contribution in [0.25, 0.3) is 0 Å². The number of carbonyl (C=O) groups excluding carboxylic acids is 2. The molecule has 136 valence electrons. The van der Waals surface area contributed by atoms with Crippen LogP contribution in [-0.2, 0) is 17.6 Å². The minimum Gasteiger partial charge on any atom is -0.299 e. The highest BCUT2D eigenvalue weighted by Crippen LogP contribution is 2.34. The van der Waals surface area contributed by atoms with Crippen molar-refractivity contribution in [3.63, 3.8) is 0 Å². The van der Waals surface area contributed by atoms with Gasteiger partial charge in [-0.15, -0.1) is 10.2 Å².